The largest absolute Gasteiger partial charge is 0.489 e. The van der Waals surface area contributed by atoms with Crippen LogP contribution in [0.1, 0.15) is 11.1 Å². The van der Waals surface area contributed by atoms with Crippen molar-refractivity contribution in [2.24, 2.45) is 0 Å². The summed E-state index contributed by atoms with van der Waals surface area (Å²) in [5.74, 6) is 0.828. The van der Waals surface area contributed by atoms with Gasteiger partial charge in [-0.1, -0.05) is 42.5 Å². The highest BCUT2D eigenvalue weighted by molar-refractivity contribution is 5.63. The van der Waals surface area contributed by atoms with Crippen LogP contribution in [0.3, 0.4) is 0 Å². The van der Waals surface area contributed by atoms with E-state index < -0.39 is 0 Å². The first kappa shape index (κ1) is 14.1. The van der Waals surface area contributed by atoms with E-state index in [-0.39, 0.29) is 5.56 Å². The van der Waals surface area contributed by atoms with Gasteiger partial charge in [0.05, 0.1) is 0 Å². The number of pyridine rings is 1. The maximum Gasteiger partial charge on any atom is 0.250 e. The Balaban J connectivity index is 1.72. The van der Waals surface area contributed by atoms with Gasteiger partial charge < -0.3 is 9.72 Å². The average Bonchev–Trinajstić information content (AvgIpc) is 2.57. The molecule has 22 heavy (non-hydrogen) atoms. The van der Waals surface area contributed by atoms with E-state index in [4.69, 9.17) is 4.74 Å². The van der Waals surface area contributed by atoms with Gasteiger partial charge in [-0.3, -0.25) is 4.79 Å². The van der Waals surface area contributed by atoms with Gasteiger partial charge in [-0.15, -0.1) is 0 Å². The number of nitrogens with one attached hydrogen (secondary N) is 1. The van der Waals surface area contributed by atoms with E-state index in [2.05, 4.69) is 4.98 Å². The van der Waals surface area contributed by atoms with Crippen LogP contribution >= 0.6 is 0 Å². The maximum atomic E-state index is 11.4. The lowest BCUT2D eigenvalue weighted by atomic mass is 10.1. The average molecular weight is 291 g/mol. The molecule has 0 bridgehead atoms. The van der Waals surface area contributed by atoms with E-state index in [1.807, 2.05) is 60.7 Å². The van der Waals surface area contributed by atoms with Crippen LogP contribution < -0.4 is 10.3 Å². The number of aromatic amines is 1. The number of aryl methyl sites for hydroxylation is 1. The predicted molar refractivity (Wildman–Crippen MR) is 88.0 cm³/mol. The van der Waals surface area contributed by atoms with Crippen molar-refractivity contribution in [2.45, 2.75) is 13.5 Å². The number of rotatable bonds is 4. The molecule has 0 amide bonds. The Kier molecular flexibility index (Phi) is 4.05. The molecule has 0 saturated heterocycles. The second-order valence-electron chi connectivity index (χ2n) is 5.20. The molecule has 0 saturated carbocycles. The third kappa shape index (κ3) is 3.26. The highest BCUT2D eigenvalue weighted by Gasteiger charge is 2.01. The Morgan fingerprint density at radius 2 is 1.68 bits per heavy atom. The summed E-state index contributed by atoms with van der Waals surface area (Å²) in [5, 5.41) is 0. The van der Waals surface area contributed by atoms with Gasteiger partial charge in [-0.2, -0.15) is 0 Å². The number of aromatic nitrogens is 1. The molecular weight excluding hydrogens is 274 g/mol. The highest BCUT2D eigenvalue weighted by atomic mass is 16.5. The second kappa shape index (κ2) is 6.31. The number of ether oxygens (including phenoxy) is 1. The molecule has 3 aromatic rings. The van der Waals surface area contributed by atoms with Gasteiger partial charge in [0, 0.05) is 11.8 Å². The van der Waals surface area contributed by atoms with E-state index >= 15 is 0 Å². The molecule has 0 aliphatic carbocycles. The number of benzene rings is 2. The Bertz CT molecular complexity index is 805. The summed E-state index contributed by atoms with van der Waals surface area (Å²) in [7, 11) is 0. The zero-order valence-electron chi connectivity index (χ0n) is 12.4. The van der Waals surface area contributed by atoms with Crippen molar-refractivity contribution in [3.05, 3.63) is 88.3 Å². The Hall–Kier alpha value is -2.81. The smallest absolute Gasteiger partial charge is 0.250 e. The van der Waals surface area contributed by atoms with Gasteiger partial charge in [0.2, 0.25) is 0 Å². The van der Waals surface area contributed by atoms with Gasteiger partial charge in [0.25, 0.3) is 5.56 Å². The van der Waals surface area contributed by atoms with Crippen LogP contribution in [0, 0.1) is 6.92 Å². The highest BCUT2D eigenvalue weighted by Crippen LogP contribution is 2.22. The normalized spacial score (nSPS) is 10.4. The Labute approximate surface area is 129 Å². The molecule has 0 aliphatic heterocycles. The SMILES string of the molecule is Cc1cc(-c2ccc(OCc3ccccc3)cc2)c[nH]c1=O. The zero-order valence-corrected chi connectivity index (χ0v) is 12.4. The van der Waals surface area contributed by atoms with Crippen LogP contribution in [0.4, 0.5) is 0 Å². The summed E-state index contributed by atoms with van der Waals surface area (Å²) in [5.41, 5.74) is 3.84. The monoisotopic (exact) mass is 291 g/mol. The molecule has 0 fully saturated rings. The quantitative estimate of drug-likeness (QED) is 0.791. The van der Waals surface area contributed by atoms with E-state index in [9.17, 15) is 4.79 Å². The molecule has 0 spiro atoms. The minimum absolute atomic E-state index is 0.0495. The summed E-state index contributed by atoms with van der Waals surface area (Å²) in [6, 6.07) is 19.8. The fraction of sp³-hybridized carbons (Fsp3) is 0.105. The van der Waals surface area contributed by atoms with E-state index in [1.54, 1.807) is 13.1 Å². The Morgan fingerprint density at radius 1 is 0.955 bits per heavy atom. The van der Waals surface area contributed by atoms with Crippen molar-refractivity contribution in [3.8, 4) is 16.9 Å². The minimum atomic E-state index is -0.0495. The molecule has 0 aliphatic rings. The van der Waals surface area contributed by atoms with Gasteiger partial charge in [-0.05, 0) is 41.8 Å². The summed E-state index contributed by atoms with van der Waals surface area (Å²) in [4.78, 5) is 14.1. The lowest BCUT2D eigenvalue weighted by Gasteiger charge is -2.08. The first-order chi connectivity index (χ1) is 10.7. The number of hydrogen-bond donors (Lipinski definition) is 1. The van der Waals surface area contributed by atoms with Crippen LogP contribution in [-0.2, 0) is 6.61 Å². The Morgan fingerprint density at radius 3 is 2.36 bits per heavy atom. The van der Waals surface area contributed by atoms with Crippen LogP contribution in [0.15, 0.2) is 71.7 Å². The molecule has 110 valence electrons. The van der Waals surface area contributed by atoms with E-state index in [0.29, 0.717) is 12.2 Å². The third-order valence-corrected chi connectivity index (χ3v) is 3.52. The van der Waals surface area contributed by atoms with Crippen LogP contribution in [0.5, 0.6) is 5.75 Å². The molecular formula is C19H17NO2. The summed E-state index contributed by atoms with van der Waals surface area (Å²) in [6.07, 6.45) is 1.73. The minimum Gasteiger partial charge on any atom is -0.489 e. The molecule has 1 aromatic heterocycles. The lowest BCUT2D eigenvalue weighted by molar-refractivity contribution is 0.306. The first-order valence-corrected chi connectivity index (χ1v) is 7.19. The fourth-order valence-electron chi connectivity index (χ4n) is 2.25. The molecule has 3 nitrogen and oxygen atoms in total. The maximum absolute atomic E-state index is 11.4. The van der Waals surface area contributed by atoms with Crippen molar-refractivity contribution >= 4 is 0 Å². The van der Waals surface area contributed by atoms with Crippen LogP contribution in [0.2, 0.25) is 0 Å². The van der Waals surface area contributed by atoms with Gasteiger partial charge in [0.1, 0.15) is 12.4 Å². The van der Waals surface area contributed by atoms with Crippen molar-refractivity contribution < 1.29 is 4.74 Å². The number of H-pyrrole nitrogens is 1. The second-order valence-corrected chi connectivity index (χ2v) is 5.20. The predicted octanol–water partition coefficient (Wildman–Crippen LogP) is 3.93. The molecule has 1 heterocycles. The molecule has 3 rings (SSSR count). The lowest BCUT2D eigenvalue weighted by Crippen LogP contribution is -2.07. The molecule has 0 atom stereocenters. The van der Waals surface area contributed by atoms with Crippen LogP contribution in [-0.4, -0.2) is 4.98 Å². The first-order valence-electron chi connectivity index (χ1n) is 7.19. The fourth-order valence-corrected chi connectivity index (χ4v) is 2.25. The number of hydrogen-bond acceptors (Lipinski definition) is 2. The van der Waals surface area contributed by atoms with Crippen molar-refractivity contribution in [3.63, 3.8) is 0 Å². The third-order valence-electron chi connectivity index (χ3n) is 3.52. The van der Waals surface area contributed by atoms with Gasteiger partial charge in [-0.25, -0.2) is 0 Å². The van der Waals surface area contributed by atoms with Crippen molar-refractivity contribution in [1.29, 1.82) is 0 Å². The summed E-state index contributed by atoms with van der Waals surface area (Å²) in [6.45, 7) is 2.36. The van der Waals surface area contributed by atoms with Gasteiger partial charge in [0.15, 0.2) is 0 Å². The van der Waals surface area contributed by atoms with Crippen LogP contribution in [0.25, 0.3) is 11.1 Å². The zero-order chi connectivity index (χ0) is 15.4. The van der Waals surface area contributed by atoms with Crippen molar-refractivity contribution in [1.82, 2.24) is 4.98 Å². The van der Waals surface area contributed by atoms with E-state index in [1.165, 1.54) is 0 Å². The standard InChI is InChI=1S/C19H17NO2/c1-14-11-17(12-20-19(14)21)16-7-9-18(10-8-16)22-13-15-5-3-2-4-6-15/h2-12H,13H2,1H3,(H,20,21). The summed E-state index contributed by atoms with van der Waals surface area (Å²) < 4.78 is 5.77. The molecule has 1 N–H and O–H groups in total. The van der Waals surface area contributed by atoms with Crippen molar-refractivity contribution in [2.75, 3.05) is 0 Å². The molecule has 2 aromatic carbocycles. The van der Waals surface area contributed by atoms with Gasteiger partial charge >= 0.3 is 0 Å². The summed E-state index contributed by atoms with van der Waals surface area (Å²) >= 11 is 0. The molecule has 3 heteroatoms. The molecule has 0 radical (unpaired) electrons. The topological polar surface area (TPSA) is 42.1 Å². The molecule has 0 unspecified atom stereocenters. The van der Waals surface area contributed by atoms with E-state index in [0.717, 1.165) is 22.4 Å².